The second kappa shape index (κ2) is 5.92. The minimum Gasteiger partial charge on any atom is -0.397 e. The number of benzene rings is 1. The van der Waals surface area contributed by atoms with E-state index < -0.39 is 10.0 Å². The highest BCUT2D eigenvalue weighted by atomic mass is 35.5. The van der Waals surface area contributed by atoms with Gasteiger partial charge in [-0.25, -0.2) is 13.1 Å². The number of nitrogens with one attached hydrogen (secondary N) is 1. The average molecular weight is 317 g/mol. The molecule has 1 aromatic rings. The topological polar surface area (TPSA) is 72.2 Å². The van der Waals surface area contributed by atoms with E-state index >= 15 is 0 Å². The molecule has 1 fully saturated rings. The molecule has 0 bridgehead atoms. The van der Waals surface area contributed by atoms with Crippen LogP contribution in [-0.2, 0) is 10.0 Å². The van der Waals surface area contributed by atoms with Crippen LogP contribution in [0.3, 0.4) is 0 Å². The summed E-state index contributed by atoms with van der Waals surface area (Å²) in [5.74, 6) is 0.563. The van der Waals surface area contributed by atoms with Crippen LogP contribution in [0.25, 0.3) is 0 Å². The summed E-state index contributed by atoms with van der Waals surface area (Å²) in [4.78, 5) is 0.220. The van der Waals surface area contributed by atoms with Crippen LogP contribution in [0.4, 0.5) is 5.69 Å². The summed E-state index contributed by atoms with van der Waals surface area (Å²) in [7, 11) is -3.54. The van der Waals surface area contributed by atoms with Crippen molar-refractivity contribution in [1.29, 1.82) is 0 Å². The highest BCUT2D eigenvalue weighted by Gasteiger charge is 2.26. The Bertz CT molecular complexity index is 601. The van der Waals surface area contributed by atoms with Crippen LogP contribution in [0.15, 0.2) is 17.0 Å². The average Bonchev–Trinajstić information content (AvgIpc) is 2.33. The van der Waals surface area contributed by atoms with E-state index in [0.717, 1.165) is 19.3 Å². The Labute approximate surface area is 125 Å². The summed E-state index contributed by atoms with van der Waals surface area (Å²) in [6.45, 7) is 3.88. The number of aryl methyl sites for hydroxylation is 1. The van der Waals surface area contributed by atoms with Gasteiger partial charge in [-0.1, -0.05) is 31.4 Å². The van der Waals surface area contributed by atoms with Crippen molar-refractivity contribution in [3.63, 3.8) is 0 Å². The van der Waals surface area contributed by atoms with Crippen LogP contribution in [0.2, 0.25) is 5.02 Å². The van der Waals surface area contributed by atoms with Crippen LogP contribution in [0.5, 0.6) is 0 Å². The quantitative estimate of drug-likeness (QED) is 0.842. The van der Waals surface area contributed by atoms with Gasteiger partial charge in [0.25, 0.3) is 0 Å². The molecule has 20 heavy (non-hydrogen) atoms. The van der Waals surface area contributed by atoms with Crippen LogP contribution >= 0.6 is 11.6 Å². The van der Waals surface area contributed by atoms with Crippen molar-refractivity contribution in [2.24, 2.45) is 5.92 Å². The van der Waals surface area contributed by atoms with Gasteiger partial charge in [0.1, 0.15) is 0 Å². The maximum Gasteiger partial charge on any atom is 0.241 e. The molecule has 0 aromatic heterocycles. The van der Waals surface area contributed by atoms with Crippen LogP contribution in [0.1, 0.15) is 38.2 Å². The molecule has 1 saturated carbocycles. The molecule has 2 atom stereocenters. The molecule has 2 unspecified atom stereocenters. The first-order valence-electron chi connectivity index (χ1n) is 6.87. The van der Waals surface area contributed by atoms with E-state index in [-0.39, 0.29) is 16.6 Å². The zero-order valence-electron chi connectivity index (χ0n) is 11.8. The number of sulfonamides is 1. The first-order chi connectivity index (χ1) is 9.29. The van der Waals surface area contributed by atoms with Crippen molar-refractivity contribution in [1.82, 2.24) is 4.72 Å². The van der Waals surface area contributed by atoms with Gasteiger partial charge in [-0.3, -0.25) is 0 Å². The van der Waals surface area contributed by atoms with Crippen LogP contribution < -0.4 is 10.5 Å². The summed E-state index contributed by atoms with van der Waals surface area (Å²) in [5, 5.41) is 0.382. The molecule has 0 amide bonds. The second-order valence-corrected chi connectivity index (χ2v) is 7.82. The number of rotatable bonds is 3. The highest BCUT2D eigenvalue weighted by Crippen LogP contribution is 2.28. The Balaban J connectivity index is 2.24. The first kappa shape index (κ1) is 15.6. The standard InChI is InChI=1S/C14H21ClN2O2S/c1-9-4-3-5-11(6-9)17-20(18,19)14-8-13(16)12(15)7-10(14)2/h7-9,11,17H,3-6,16H2,1-2H3. The molecule has 4 nitrogen and oxygen atoms in total. The van der Waals surface area contributed by atoms with E-state index in [1.54, 1.807) is 13.0 Å². The van der Waals surface area contributed by atoms with Crippen molar-refractivity contribution in [2.75, 3.05) is 5.73 Å². The third-order valence-corrected chi connectivity index (χ3v) is 5.83. The maximum absolute atomic E-state index is 12.5. The van der Waals surface area contributed by atoms with Crippen molar-refractivity contribution in [3.8, 4) is 0 Å². The fraction of sp³-hybridized carbons (Fsp3) is 0.571. The van der Waals surface area contributed by atoms with Crippen molar-refractivity contribution in [2.45, 2.75) is 50.5 Å². The SMILES string of the molecule is Cc1cc(Cl)c(N)cc1S(=O)(=O)NC1CCCC(C)C1. The van der Waals surface area contributed by atoms with Gasteiger partial charge < -0.3 is 5.73 Å². The molecule has 112 valence electrons. The highest BCUT2D eigenvalue weighted by molar-refractivity contribution is 7.89. The van der Waals surface area contributed by atoms with E-state index in [1.807, 2.05) is 0 Å². The fourth-order valence-corrected chi connectivity index (χ4v) is 4.55. The van der Waals surface area contributed by atoms with E-state index in [9.17, 15) is 8.42 Å². The summed E-state index contributed by atoms with van der Waals surface area (Å²) in [5.41, 5.74) is 6.62. The smallest absolute Gasteiger partial charge is 0.241 e. The summed E-state index contributed by atoms with van der Waals surface area (Å²) in [6, 6.07) is 3.04. The van der Waals surface area contributed by atoms with Crippen LogP contribution in [0, 0.1) is 12.8 Å². The van der Waals surface area contributed by atoms with Crippen LogP contribution in [-0.4, -0.2) is 14.5 Å². The van der Waals surface area contributed by atoms with Crippen molar-refractivity contribution < 1.29 is 8.42 Å². The summed E-state index contributed by atoms with van der Waals surface area (Å²) >= 11 is 5.91. The van der Waals surface area contributed by atoms with Gasteiger partial charge in [0, 0.05) is 6.04 Å². The van der Waals surface area contributed by atoms with Crippen molar-refractivity contribution >= 4 is 27.3 Å². The molecular weight excluding hydrogens is 296 g/mol. The predicted octanol–water partition coefficient (Wildman–Crippen LogP) is 3.09. The molecule has 0 radical (unpaired) electrons. The molecule has 0 heterocycles. The van der Waals surface area contributed by atoms with Crippen molar-refractivity contribution in [3.05, 3.63) is 22.7 Å². The molecule has 1 aromatic carbocycles. The lowest BCUT2D eigenvalue weighted by atomic mass is 9.88. The normalized spacial score (nSPS) is 23.8. The zero-order chi connectivity index (χ0) is 14.9. The monoisotopic (exact) mass is 316 g/mol. The second-order valence-electron chi connectivity index (χ2n) is 5.73. The zero-order valence-corrected chi connectivity index (χ0v) is 13.4. The Morgan fingerprint density at radius 2 is 2.05 bits per heavy atom. The Hall–Kier alpha value is -0.780. The first-order valence-corrected chi connectivity index (χ1v) is 8.73. The third kappa shape index (κ3) is 3.45. The lowest BCUT2D eigenvalue weighted by Crippen LogP contribution is -2.38. The van der Waals surface area contributed by atoms with E-state index in [1.165, 1.54) is 12.5 Å². The number of halogens is 1. The number of nitrogen functional groups attached to an aromatic ring is 1. The number of nitrogens with two attached hydrogens (primary N) is 1. The molecule has 0 aliphatic heterocycles. The molecule has 6 heteroatoms. The number of anilines is 1. The Morgan fingerprint density at radius 1 is 1.35 bits per heavy atom. The molecule has 1 aliphatic carbocycles. The molecule has 0 spiro atoms. The third-order valence-electron chi connectivity index (χ3n) is 3.84. The lowest BCUT2D eigenvalue weighted by molar-refractivity contribution is 0.327. The maximum atomic E-state index is 12.5. The van der Waals surface area contributed by atoms with Gasteiger partial charge in [0.2, 0.25) is 10.0 Å². The Kier molecular flexibility index (Phi) is 4.62. The fourth-order valence-electron chi connectivity index (χ4n) is 2.78. The lowest BCUT2D eigenvalue weighted by Gasteiger charge is -2.27. The van der Waals surface area contributed by atoms with Gasteiger partial charge in [-0.05, 0) is 43.4 Å². The molecule has 3 N–H and O–H groups in total. The minimum atomic E-state index is -3.54. The summed E-state index contributed by atoms with van der Waals surface area (Å²) in [6.07, 6.45) is 4.02. The molecule has 0 saturated heterocycles. The van der Waals surface area contributed by atoms with Gasteiger partial charge in [-0.15, -0.1) is 0 Å². The summed E-state index contributed by atoms with van der Waals surface area (Å²) < 4.78 is 27.8. The van der Waals surface area contributed by atoms with E-state index in [4.69, 9.17) is 17.3 Å². The Morgan fingerprint density at radius 3 is 2.70 bits per heavy atom. The van der Waals surface area contributed by atoms with Gasteiger partial charge >= 0.3 is 0 Å². The molecule has 1 aliphatic rings. The van der Waals surface area contributed by atoms with E-state index in [2.05, 4.69) is 11.6 Å². The van der Waals surface area contributed by atoms with E-state index in [0.29, 0.717) is 16.5 Å². The van der Waals surface area contributed by atoms with Gasteiger partial charge in [-0.2, -0.15) is 0 Å². The molecule has 2 rings (SSSR count). The van der Waals surface area contributed by atoms with Gasteiger partial charge in [0.15, 0.2) is 0 Å². The number of hydrogen-bond donors (Lipinski definition) is 2. The predicted molar refractivity (Wildman–Crippen MR) is 82.3 cm³/mol. The molecular formula is C14H21ClN2O2S. The van der Waals surface area contributed by atoms with Gasteiger partial charge in [0.05, 0.1) is 15.6 Å². The largest absolute Gasteiger partial charge is 0.397 e. The number of hydrogen-bond acceptors (Lipinski definition) is 3. The minimum absolute atomic E-state index is 0.0139.